The summed E-state index contributed by atoms with van der Waals surface area (Å²) in [6.45, 7) is 2.04. The average Bonchev–Trinajstić information content (AvgIpc) is 3.09. The molecule has 1 heterocycles. The van der Waals surface area contributed by atoms with Crippen LogP contribution in [0.2, 0.25) is 0 Å². The topological polar surface area (TPSA) is 37.4 Å². The van der Waals surface area contributed by atoms with Gasteiger partial charge in [0.15, 0.2) is 0 Å². The van der Waals surface area contributed by atoms with Crippen molar-refractivity contribution in [3.63, 3.8) is 0 Å². The van der Waals surface area contributed by atoms with E-state index in [0.717, 1.165) is 12.0 Å². The molecule has 1 saturated heterocycles. The van der Waals surface area contributed by atoms with Gasteiger partial charge in [-0.3, -0.25) is 14.5 Å². The van der Waals surface area contributed by atoms with Gasteiger partial charge in [0.25, 0.3) is 0 Å². The number of likely N-dealkylation sites (tertiary alicyclic amines) is 1. The highest BCUT2D eigenvalue weighted by Gasteiger charge is 2.69. The highest BCUT2D eigenvalue weighted by molar-refractivity contribution is 6.11. The fourth-order valence-electron chi connectivity index (χ4n) is 4.48. The lowest BCUT2D eigenvalue weighted by Gasteiger charge is -2.33. The van der Waals surface area contributed by atoms with Crippen LogP contribution in [0.1, 0.15) is 17.5 Å². The number of carbonyl (C=O) groups is 2. The number of amides is 2. The lowest BCUT2D eigenvalue weighted by molar-refractivity contribution is -0.139. The highest BCUT2D eigenvalue weighted by atomic mass is 16.2. The maximum atomic E-state index is 12.9. The second-order valence-corrected chi connectivity index (χ2v) is 6.31. The van der Waals surface area contributed by atoms with E-state index < -0.39 is 5.41 Å². The van der Waals surface area contributed by atoms with Gasteiger partial charge in [0.1, 0.15) is 0 Å². The summed E-state index contributed by atoms with van der Waals surface area (Å²) in [5, 5.41) is 0. The van der Waals surface area contributed by atoms with Crippen LogP contribution in [0.5, 0.6) is 0 Å². The molecule has 4 rings (SSSR count). The number of aryl methyl sites for hydroxylation is 1. The van der Waals surface area contributed by atoms with Crippen molar-refractivity contribution in [2.75, 3.05) is 7.05 Å². The Morgan fingerprint density at radius 1 is 1.15 bits per heavy atom. The van der Waals surface area contributed by atoms with Crippen LogP contribution >= 0.6 is 0 Å². The van der Waals surface area contributed by atoms with Gasteiger partial charge >= 0.3 is 0 Å². The Morgan fingerprint density at radius 3 is 2.55 bits per heavy atom. The monoisotopic (exact) mass is 267 g/mol. The number of fused-ring (bicyclic) bond motifs is 5. The molecule has 2 bridgehead atoms. The zero-order valence-electron chi connectivity index (χ0n) is 11.7. The molecule has 0 aromatic heterocycles. The molecule has 0 N–H and O–H groups in total. The number of benzene rings is 1. The Bertz CT molecular complexity index is 645. The first kappa shape index (κ1) is 11.9. The van der Waals surface area contributed by atoms with Crippen molar-refractivity contribution in [3.8, 4) is 0 Å². The fourth-order valence-corrected chi connectivity index (χ4v) is 4.48. The van der Waals surface area contributed by atoms with E-state index in [1.807, 2.05) is 31.2 Å². The number of hydrogen-bond donors (Lipinski definition) is 0. The molecule has 0 radical (unpaired) electrons. The lowest BCUT2D eigenvalue weighted by atomic mass is 9.65. The first-order valence-corrected chi connectivity index (χ1v) is 7.14. The number of hydrogen-bond acceptors (Lipinski definition) is 2. The maximum absolute atomic E-state index is 12.9. The van der Waals surface area contributed by atoms with Crippen molar-refractivity contribution in [1.82, 2.24) is 4.90 Å². The summed E-state index contributed by atoms with van der Waals surface area (Å²) in [5.41, 5.74) is 1.54. The van der Waals surface area contributed by atoms with Crippen LogP contribution < -0.4 is 0 Å². The Hall–Kier alpha value is -1.90. The van der Waals surface area contributed by atoms with Gasteiger partial charge in [-0.15, -0.1) is 0 Å². The summed E-state index contributed by atoms with van der Waals surface area (Å²) >= 11 is 0. The third-order valence-electron chi connectivity index (χ3n) is 5.40. The normalized spacial score (nSPS) is 37.9. The van der Waals surface area contributed by atoms with Gasteiger partial charge in [-0.2, -0.15) is 0 Å². The van der Waals surface area contributed by atoms with Crippen LogP contribution in [-0.4, -0.2) is 23.8 Å². The molecule has 3 nitrogen and oxygen atoms in total. The quantitative estimate of drug-likeness (QED) is 0.577. The van der Waals surface area contributed by atoms with Crippen molar-refractivity contribution in [3.05, 3.63) is 47.5 Å². The minimum Gasteiger partial charge on any atom is -0.285 e. The molecule has 2 fully saturated rings. The van der Waals surface area contributed by atoms with Gasteiger partial charge in [-0.05, 0) is 30.7 Å². The molecule has 4 atom stereocenters. The lowest BCUT2D eigenvalue weighted by Crippen LogP contribution is -2.43. The number of likely N-dealkylation sites (N-methyl/N-ethyl adjacent to an activating group) is 1. The third kappa shape index (κ3) is 1.13. The average molecular weight is 267 g/mol. The molecule has 1 saturated carbocycles. The zero-order valence-corrected chi connectivity index (χ0v) is 11.7. The molecule has 1 aromatic carbocycles. The van der Waals surface area contributed by atoms with E-state index in [2.05, 4.69) is 12.2 Å². The Labute approximate surface area is 118 Å². The molecule has 3 aliphatic rings. The Balaban J connectivity index is 1.96. The summed E-state index contributed by atoms with van der Waals surface area (Å²) in [4.78, 5) is 26.7. The van der Waals surface area contributed by atoms with Gasteiger partial charge < -0.3 is 0 Å². The Morgan fingerprint density at radius 2 is 1.85 bits per heavy atom. The van der Waals surface area contributed by atoms with Gasteiger partial charge in [0.2, 0.25) is 11.8 Å². The van der Waals surface area contributed by atoms with Crippen molar-refractivity contribution >= 4 is 11.8 Å². The minimum absolute atomic E-state index is 0.00701. The largest absolute Gasteiger partial charge is 0.285 e. The predicted octanol–water partition coefficient (Wildman–Crippen LogP) is 2.05. The predicted molar refractivity (Wildman–Crippen MR) is 74.9 cm³/mol. The van der Waals surface area contributed by atoms with E-state index in [1.165, 1.54) is 10.5 Å². The number of carbonyl (C=O) groups excluding carboxylic acids is 2. The standard InChI is InChI=1S/C17H17NO2/c1-10-3-6-12(7-4-10)17-13-8-5-11(9-13)14(17)15(19)18(2)16(17)20/h3-8,11,13-14H,9H2,1-2H3. The summed E-state index contributed by atoms with van der Waals surface area (Å²) in [6, 6.07) is 8.13. The number of allylic oxidation sites excluding steroid dienone is 2. The van der Waals surface area contributed by atoms with Gasteiger partial charge in [0.05, 0.1) is 11.3 Å². The van der Waals surface area contributed by atoms with Crippen LogP contribution in [0.4, 0.5) is 0 Å². The molecule has 102 valence electrons. The fraction of sp³-hybridized carbons (Fsp3) is 0.412. The number of nitrogens with zero attached hydrogens (tertiary/aromatic N) is 1. The first-order valence-electron chi connectivity index (χ1n) is 7.14. The second kappa shape index (κ2) is 3.60. The number of rotatable bonds is 1. The molecule has 2 aliphatic carbocycles. The zero-order chi connectivity index (χ0) is 14.1. The molecule has 3 heteroatoms. The van der Waals surface area contributed by atoms with Crippen molar-refractivity contribution in [2.24, 2.45) is 17.8 Å². The van der Waals surface area contributed by atoms with Crippen molar-refractivity contribution < 1.29 is 9.59 Å². The molecule has 20 heavy (non-hydrogen) atoms. The van der Waals surface area contributed by atoms with Crippen molar-refractivity contribution in [2.45, 2.75) is 18.8 Å². The molecule has 2 amide bonds. The molecule has 1 aliphatic heterocycles. The van der Waals surface area contributed by atoms with Gasteiger partial charge in [-0.1, -0.05) is 42.0 Å². The maximum Gasteiger partial charge on any atom is 0.241 e. The highest BCUT2D eigenvalue weighted by Crippen LogP contribution is 2.61. The van der Waals surface area contributed by atoms with E-state index in [1.54, 1.807) is 7.05 Å². The summed E-state index contributed by atoms with van der Waals surface area (Å²) in [7, 11) is 1.62. The van der Waals surface area contributed by atoms with E-state index >= 15 is 0 Å². The van der Waals surface area contributed by atoms with E-state index in [-0.39, 0.29) is 29.6 Å². The minimum atomic E-state index is -0.640. The first-order chi connectivity index (χ1) is 9.56. The van der Waals surface area contributed by atoms with E-state index in [0.29, 0.717) is 0 Å². The Kier molecular flexibility index (Phi) is 2.14. The smallest absolute Gasteiger partial charge is 0.241 e. The number of imide groups is 1. The van der Waals surface area contributed by atoms with Crippen LogP contribution in [0.25, 0.3) is 0 Å². The molecule has 0 spiro atoms. The third-order valence-corrected chi connectivity index (χ3v) is 5.40. The summed E-state index contributed by atoms with van der Waals surface area (Å²) < 4.78 is 0. The van der Waals surface area contributed by atoms with Crippen LogP contribution in [0.15, 0.2) is 36.4 Å². The van der Waals surface area contributed by atoms with Crippen LogP contribution in [-0.2, 0) is 15.0 Å². The molecule has 4 unspecified atom stereocenters. The molecular weight excluding hydrogens is 250 g/mol. The summed E-state index contributed by atoms with van der Waals surface area (Å²) in [5.74, 6) is 0.169. The molecule has 1 aromatic rings. The molecular formula is C17H17NO2. The van der Waals surface area contributed by atoms with Gasteiger partial charge in [0, 0.05) is 7.05 Å². The van der Waals surface area contributed by atoms with E-state index in [4.69, 9.17) is 0 Å². The van der Waals surface area contributed by atoms with Crippen LogP contribution in [0.3, 0.4) is 0 Å². The van der Waals surface area contributed by atoms with E-state index in [9.17, 15) is 9.59 Å². The summed E-state index contributed by atoms with van der Waals surface area (Å²) in [6.07, 6.45) is 5.21. The van der Waals surface area contributed by atoms with Gasteiger partial charge in [-0.25, -0.2) is 0 Å². The SMILES string of the molecule is Cc1ccc(C23C(=O)N(C)C(=O)C2C2C=CC3C2)cc1. The second-order valence-electron chi connectivity index (χ2n) is 6.31. The van der Waals surface area contributed by atoms with Crippen LogP contribution in [0, 0.1) is 24.7 Å². The van der Waals surface area contributed by atoms with Crippen molar-refractivity contribution in [1.29, 1.82) is 0 Å².